The van der Waals surface area contributed by atoms with E-state index in [1.165, 1.54) is 22.4 Å². The number of carboxylic acid groups (broad SMARTS) is 1. The van der Waals surface area contributed by atoms with Crippen molar-refractivity contribution in [2.45, 2.75) is 31.2 Å². The molecule has 1 aliphatic carbocycles. The number of aromatic nitrogens is 1. The van der Waals surface area contributed by atoms with E-state index in [1.807, 2.05) is 30.3 Å². The van der Waals surface area contributed by atoms with Gasteiger partial charge in [0.1, 0.15) is 15.5 Å². The van der Waals surface area contributed by atoms with E-state index in [2.05, 4.69) is 10.9 Å². The van der Waals surface area contributed by atoms with Crippen LogP contribution >= 0.6 is 11.3 Å². The number of hydrogen-bond donors (Lipinski definition) is 1. The smallest absolute Gasteiger partial charge is 0.330 e. The molecular weight excluding hydrogens is 324 g/mol. The van der Waals surface area contributed by atoms with Crippen LogP contribution in [-0.4, -0.2) is 27.5 Å². The quantitative estimate of drug-likeness (QED) is 0.868. The van der Waals surface area contributed by atoms with Gasteiger partial charge in [0.15, 0.2) is 0 Å². The van der Waals surface area contributed by atoms with Crippen molar-refractivity contribution in [2.75, 3.05) is 4.90 Å². The van der Waals surface area contributed by atoms with Crippen molar-refractivity contribution in [1.82, 2.24) is 4.98 Å². The van der Waals surface area contributed by atoms with E-state index in [4.69, 9.17) is 6.42 Å². The minimum atomic E-state index is -1.27. The molecule has 1 aromatic carbocycles. The summed E-state index contributed by atoms with van der Waals surface area (Å²) in [6, 6.07) is 9.54. The Labute approximate surface area is 144 Å². The lowest BCUT2D eigenvalue weighted by atomic mass is 9.95. The van der Waals surface area contributed by atoms with Crippen molar-refractivity contribution >= 4 is 28.2 Å². The molecule has 0 spiro atoms. The van der Waals surface area contributed by atoms with Crippen LogP contribution < -0.4 is 4.90 Å². The fourth-order valence-electron chi connectivity index (χ4n) is 3.15. The number of anilines is 1. The maximum Gasteiger partial charge on any atom is 0.330 e. The van der Waals surface area contributed by atoms with Gasteiger partial charge in [0.25, 0.3) is 0 Å². The third-order valence-electron chi connectivity index (χ3n) is 4.32. The number of amides is 1. The molecule has 1 N–H and O–H groups in total. The topological polar surface area (TPSA) is 70.5 Å². The maximum atomic E-state index is 12.4. The highest BCUT2D eigenvalue weighted by Gasteiger charge is 2.49. The number of aliphatic carboxylic acids is 1. The zero-order valence-electron chi connectivity index (χ0n) is 12.9. The molecule has 1 aliphatic rings. The van der Waals surface area contributed by atoms with Gasteiger partial charge in [-0.2, -0.15) is 0 Å². The minimum Gasteiger partial charge on any atom is -0.479 e. The van der Waals surface area contributed by atoms with Crippen LogP contribution in [0.5, 0.6) is 0 Å². The standard InChI is InChI=1S/C18H16N2O3S/c1-2-14(21)20(18(17(22)23)10-6-7-11-18)15-12-19-16(24-15)13-8-4-3-5-9-13/h1,3-5,8-9,12H,6-7,10-11H2,(H,22,23). The Kier molecular flexibility index (Phi) is 4.36. The second-order valence-corrected chi connectivity index (χ2v) is 6.71. The predicted molar refractivity (Wildman–Crippen MR) is 92.7 cm³/mol. The monoisotopic (exact) mass is 340 g/mol. The molecule has 0 radical (unpaired) electrons. The second-order valence-electron chi connectivity index (χ2n) is 5.70. The lowest BCUT2D eigenvalue weighted by Crippen LogP contribution is -2.55. The van der Waals surface area contributed by atoms with E-state index in [9.17, 15) is 14.7 Å². The molecule has 1 saturated carbocycles. The molecule has 1 amide bonds. The third-order valence-corrected chi connectivity index (χ3v) is 5.35. The van der Waals surface area contributed by atoms with Gasteiger partial charge in [-0.3, -0.25) is 9.69 Å². The molecular formula is C18H16N2O3S. The van der Waals surface area contributed by atoms with Crippen LogP contribution in [0, 0.1) is 12.3 Å². The molecule has 0 atom stereocenters. The van der Waals surface area contributed by atoms with Crippen molar-refractivity contribution in [3.63, 3.8) is 0 Å². The molecule has 1 aromatic heterocycles. The second kappa shape index (κ2) is 6.46. The number of nitrogens with zero attached hydrogens (tertiary/aromatic N) is 2. The Balaban J connectivity index is 2.05. The summed E-state index contributed by atoms with van der Waals surface area (Å²) in [5.41, 5.74) is -0.359. The molecule has 6 heteroatoms. The van der Waals surface area contributed by atoms with Crippen molar-refractivity contribution in [1.29, 1.82) is 0 Å². The average Bonchev–Trinajstić information content (AvgIpc) is 3.26. The van der Waals surface area contributed by atoms with E-state index in [-0.39, 0.29) is 0 Å². The Morgan fingerprint density at radius 1 is 1.25 bits per heavy atom. The number of rotatable bonds is 4. The van der Waals surface area contributed by atoms with Crippen LogP contribution in [-0.2, 0) is 9.59 Å². The summed E-state index contributed by atoms with van der Waals surface area (Å²) in [5.74, 6) is 0.420. The van der Waals surface area contributed by atoms with E-state index < -0.39 is 17.4 Å². The molecule has 2 aromatic rings. The number of benzene rings is 1. The lowest BCUT2D eigenvalue weighted by Gasteiger charge is -2.35. The molecule has 0 saturated heterocycles. The molecule has 0 bridgehead atoms. The molecule has 1 heterocycles. The Bertz CT molecular complexity index is 801. The fraction of sp³-hybridized carbons (Fsp3) is 0.278. The van der Waals surface area contributed by atoms with E-state index in [0.29, 0.717) is 17.8 Å². The fourth-order valence-corrected chi connectivity index (χ4v) is 4.16. The number of carbonyl (C=O) groups excluding carboxylic acids is 1. The zero-order valence-corrected chi connectivity index (χ0v) is 13.8. The summed E-state index contributed by atoms with van der Waals surface area (Å²) in [4.78, 5) is 29.9. The number of carboxylic acids is 1. The first kappa shape index (κ1) is 16.2. The Morgan fingerprint density at radius 3 is 2.50 bits per heavy atom. The molecule has 3 rings (SSSR count). The maximum absolute atomic E-state index is 12.4. The summed E-state index contributed by atoms with van der Waals surface area (Å²) in [5, 5.41) is 11.0. The zero-order chi connectivity index (χ0) is 17.2. The van der Waals surface area contributed by atoms with Crippen molar-refractivity contribution in [2.24, 2.45) is 0 Å². The summed E-state index contributed by atoms with van der Waals surface area (Å²) in [6.07, 6.45) is 9.14. The van der Waals surface area contributed by atoms with E-state index in [1.54, 1.807) is 0 Å². The number of hydrogen-bond acceptors (Lipinski definition) is 4. The van der Waals surface area contributed by atoms with Gasteiger partial charge in [0.05, 0.1) is 6.20 Å². The molecule has 24 heavy (non-hydrogen) atoms. The van der Waals surface area contributed by atoms with Crippen molar-refractivity contribution in [3.05, 3.63) is 36.5 Å². The van der Waals surface area contributed by atoms with Crippen LogP contribution in [0.3, 0.4) is 0 Å². The number of terminal acetylenes is 1. The van der Waals surface area contributed by atoms with Gasteiger partial charge < -0.3 is 5.11 Å². The van der Waals surface area contributed by atoms with Gasteiger partial charge in [-0.25, -0.2) is 9.78 Å². The van der Waals surface area contributed by atoms with Gasteiger partial charge in [-0.05, 0) is 18.8 Å². The van der Waals surface area contributed by atoms with Crippen LogP contribution in [0.15, 0.2) is 36.5 Å². The van der Waals surface area contributed by atoms with Crippen LogP contribution in [0.4, 0.5) is 5.00 Å². The summed E-state index contributed by atoms with van der Waals surface area (Å²) in [7, 11) is 0. The number of thiazole rings is 1. The van der Waals surface area contributed by atoms with Crippen molar-refractivity contribution < 1.29 is 14.7 Å². The summed E-state index contributed by atoms with van der Waals surface area (Å²) >= 11 is 1.28. The van der Waals surface area contributed by atoms with Crippen LogP contribution in [0.25, 0.3) is 10.6 Å². The molecule has 5 nitrogen and oxygen atoms in total. The predicted octanol–water partition coefficient (Wildman–Crippen LogP) is 3.17. The average molecular weight is 340 g/mol. The Hall–Kier alpha value is -2.65. The summed E-state index contributed by atoms with van der Waals surface area (Å²) < 4.78 is 0. The largest absolute Gasteiger partial charge is 0.479 e. The highest BCUT2D eigenvalue weighted by atomic mass is 32.1. The highest BCUT2D eigenvalue weighted by Crippen LogP contribution is 2.42. The van der Waals surface area contributed by atoms with Crippen LogP contribution in [0.1, 0.15) is 25.7 Å². The van der Waals surface area contributed by atoms with Crippen molar-refractivity contribution in [3.8, 4) is 22.9 Å². The normalized spacial score (nSPS) is 15.6. The number of carbonyl (C=O) groups is 2. The Morgan fingerprint density at radius 2 is 1.92 bits per heavy atom. The first-order valence-electron chi connectivity index (χ1n) is 7.64. The first-order valence-corrected chi connectivity index (χ1v) is 8.45. The van der Waals surface area contributed by atoms with Crippen LogP contribution in [0.2, 0.25) is 0 Å². The highest BCUT2D eigenvalue weighted by molar-refractivity contribution is 7.19. The van der Waals surface area contributed by atoms with E-state index >= 15 is 0 Å². The van der Waals surface area contributed by atoms with Gasteiger partial charge in [0.2, 0.25) is 0 Å². The third kappa shape index (κ3) is 2.68. The summed E-state index contributed by atoms with van der Waals surface area (Å²) in [6.45, 7) is 0. The molecule has 0 unspecified atom stereocenters. The SMILES string of the molecule is C#CC(=O)N(c1cnc(-c2ccccc2)s1)C1(C(=O)O)CCCC1. The minimum absolute atomic E-state index is 0.397. The molecule has 122 valence electrons. The van der Waals surface area contributed by atoms with Gasteiger partial charge in [-0.1, -0.05) is 54.5 Å². The van der Waals surface area contributed by atoms with Gasteiger partial charge in [0, 0.05) is 5.56 Å². The molecule has 1 fully saturated rings. The lowest BCUT2D eigenvalue weighted by molar-refractivity contribution is -0.144. The van der Waals surface area contributed by atoms with Gasteiger partial charge >= 0.3 is 11.9 Å². The molecule has 0 aliphatic heterocycles. The van der Waals surface area contributed by atoms with E-state index in [0.717, 1.165) is 23.4 Å². The first-order chi connectivity index (χ1) is 11.6. The van der Waals surface area contributed by atoms with Gasteiger partial charge in [-0.15, -0.1) is 6.42 Å².